The number of fused-ring (bicyclic) bond motifs is 2. The molecule has 0 bridgehead atoms. The fourth-order valence-electron chi connectivity index (χ4n) is 8.57. The zero-order chi connectivity index (χ0) is 39.3. The lowest BCUT2D eigenvalue weighted by molar-refractivity contribution is -0.138. The van der Waals surface area contributed by atoms with E-state index in [1.54, 1.807) is 12.3 Å². The number of rotatable bonds is 8. The van der Waals surface area contributed by atoms with Crippen molar-refractivity contribution in [3.63, 3.8) is 0 Å². The lowest BCUT2D eigenvalue weighted by Crippen LogP contribution is -2.39. The van der Waals surface area contributed by atoms with E-state index in [0.29, 0.717) is 35.8 Å². The number of imide groups is 1. The second-order valence-electron chi connectivity index (χ2n) is 15.1. The second-order valence-corrected chi connectivity index (χ2v) is 15.1. The number of anilines is 1. The Labute approximate surface area is 322 Å². The highest BCUT2D eigenvalue weighted by atomic mass is 19.4. The van der Waals surface area contributed by atoms with Gasteiger partial charge < -0.3 is 5.32 Å². The van der Waals surface area contributed by atoms with Crippen LogP contribution in [0.1, 0.15) is 89.7 Å². The maximum absolute atomic E-state index is 13.7. The van der Waals surface area contributed by atoms with Gasteiger partial charge in [-0.15, -0.1) is 5.10 Å². The molecule has 2 N–H and O–H groups in total. The smallest absolute Gasteiger partial charge is 0.362 e. The number of aromatic nitrogens is 5. The molecule has 2 fully saturated rings. The molecule has 8 rings (SSSR count). The van der Waals surface area contributed by atoms with Crippen LogP contribution in [0.2, 0.25) is 0 Å². The molecule has 0 aliphatic carbocycles. The summed E-state index contributed by atoms with van der Waals surface area (Å²) < 4.78 is 42.9. The van der Waals surface area contributed by atoms with Crippen LogP contribution in [0.4, 0.5) is 19.0 Å². The summed E-state index contributed by atoms with van der Waals surface area (Å²) in [5.74, 6) is -0.111. The Morgan fingerprint density at radius 2 is 1.70 bits per heavy atom. The fraction of sp³-hybridized carbons (Fsp3) is 0.349. The Bertz CT molecular complexity index is 2490. The molecular weight excluding hydrogens is 718 g/mol. The maximum Gasteiger partial charge on any atom is 0.416 e. The van der Waals surface area contributed by atoms with Gasteiger partial charge in [0, 0.05) is 47.9 Å². The summed E-state index contributed by atoms with van der Waals surface area (Å²) in [5.41, 5.74) is 6.70. The molecule has 288 valence electrons. The molecule has 2 saturated heterocycles. The first kappa shape index (κ1) is 37.2. The highest BCUT2D eigenvalue weighted by molar-refractivity contribution is 6.02. The first-order chi connectivity index (χ1) is 26.9. The van der Waals surface area contributed by atoms with Gasteiger partial charge in [0.15, 0.2) is 5.82 Å². The monoisotopic (exact) mass is 760 g/mol. The zero-order valence-electron chi connectivity index (χ0n) is 31.7. The predicted octanol–water partition coefficient (Wildman–Crippen LogP) is 8.29. The lowest BCUT2D eigenvalue weighted by Gasteiger charge is -2.32. The van der Waals surface area contributed by atoms with Crippen molar-refractivity contribution in [2.75, 3.05) is 18.4 Å². The van der Waals surface area contributed by atoms with E-state index in [1.165, 1.54) is 24.1 Å². The van der Waals surface area contributed by atoms with E-state index >= 15 is 0 Å². The molecule has 2 atom stereocenters. The van der Waals surface area contributed by atoms with Crippen LogP contribution in [0.15, 0.2) is 72.9 Å². The van der Waals surface area contributed by atoms with Crippen LogP contribution in [0, 0.1) is 13.8 Å². The lowest BCUT2D eigenvalue weighted by atomic mass is 9.86. The minimum absolute atomic E-state index is 0.180. The third kappa shape index (κ3) is 7.11. The van der Waals surface area contributed by atoms with Crippen molar-refractivity contribution >= 4 is 39.3 Å². The van der Waals surface area contributed by atoms with Gasteiger partial charge in [0.2, 0.25) is 11.8 Å². The standard InChI is InChI=1S/C43H43F3N8O2/c1-24-30(10-7-13-36(24)43(44,45)46)25(2)48-41-34-21-37(47-22-35(34)26(3)50-51-41)29-9-5-8-27(20-29)23-54-18-16-28(17-19-54)31-11-6-12-32-39(52-53(4)40(31)32)33-14-15-38(55)49-42(33)56/h5-13,20-22,25,28,33H,14-19,23H2,1-4H3,(H,48,51)(H,49,55,56)/t25-,33?/m1/s1. The highest BCUT2D eigenvalue weighted by Crippen LogP contribution is 2.39. The van der Waals surface area contributed by atoms with Crippen LogP contribution >= 0.6 is 0 Å². The number of nitrogens with one attached hydrogen (secondary N) is 2. The first-order valence-corrected chi connectivity index (χ1v) is 19.0. The largest absolute Gasteiger partial charge is 0.416 e. The summed E-state index contributed by atoms with van der Waals surface area (Å²) in [6, 6.07) is 20.4. The van der Waals surface area contributed by atoms with Crippen molar-refractivity contribution in [2.24, 2.45) is 7.05 Å². The van der Waals surface area contributed by atoms with Crippen LogP contribution in [-0.4, -0.2) is 54.8 Å². The number of amides is 2. The molecule has 1 unspecified atom stereocenters. The van der Waals surface area contributed by atoms with Gasteiger partial charge in [-0.25, -0.2) is 0 Å². The van der Waals surface area contributed by atoms with Gasteiger partial charge in [-0.1, -0.05) is 48.5 Å². The Kier molecular flexibility index (Phi) is 9.81. The van der Waals surface area contributed by atoms with Gasteiger partial charge in [0.05, 0.1) is 40.1 Å². The number of carbonyl (C=O) groups excluding carboxylic acids is 2. The number of carbonyl (C=O) groups is 2. The molecule has 0 spiro atoms. The summed E-state index contributed by atoms with van der Waals surface area (Å²) in [6.07, 6.45) is 0.0979. The third-order valence-corrected chi connectivity index (χ3v) is 11.5. The second kappa shape index (κ2) is 14.8. The van der Waals surface area contributed by atoms with Crippen molar-refractivity contribution in [1.29, 1.82) is 0 Å². The molecule has 0 saturated carbocycles. The van der Waals surface area contributed by atoms with Gasteiger partial charge in [-0.2, -0.15) is 23.4 Å². The molecule has 10 nitrogen and oxygen atoms in total. The number of hydrogen-bond donors (Lipinski definition) is 2. The molecule has 13 heteroatoms. The summed E-state index contributed by atoms with van der Waals surface area (Å²) in [5, 5.41) is 21.9. The number of likely N-dealkylation sites (tertiary alicyclic amines) is 1. The Morgan fingerprint density at radius 1 is 0.929 bits per heavy atom. The van der Waals surface area contributed by atoms with E-state index < -0.39 is 23.7 Å². The number of alkyl halides is 3. The Morgan fingerprint density at radius 3 is 2.46 bits per heavy atom. The van der Waals surface area contributed by atoms with Crippen molar-refractivity contribution in [2.45, 2.75) is 77.1 Å². The van der Waals surface area contributed by atoms with Gasteiger partial charge in [0.1, 0.15) is 0 Å². The zero-order valence-corrected chi connectivity index (χ0v) is 31.7. The minimum atomic E-state index is -4.44. The molecule has 3 aromatic heterocycles. The number of benzene rings is 3. The topological polar surface area (TPSA) is 118 Å². The molecule has 3 aromatic carbocycles. The van der Waals surface area contributed by atoms with E-state index in [4.69, 9.17) is 10.1 Å². The average molecular weight is 761 g/mol. The molecule has 6 aromatic rings. The third-order valence-electron chi connectivity index (χ3n) is 11.5. The predicted molar refractivity (Wildman–Crippen MR) is 209 cm³/mol. The molecule has 2 aliphatic rings. The average Bonchev–Trinajstić information content (AvgIpc) is 3.51. The number of nitrogens with zero attached hydrogens (tertiary/aromatic N) is 6. The SMILES string of the molecule is Cc1c([C@@H](C)Nc2nnc(C)c3cnc(-c4cccc(CN5CCC(c6cccc7c(C8CCC(=O)NC8=O)nn(C)c67)CC5)c4)cc23)cccc1C(F)(F)F. The van der Waals surface area contributed by atoms with E-state index in [2.05, 4.69) is 50.0 Å². The number of piperidine rings is 2. The van der Waals surface area contributed by atoms with E-state index in [0.717, 1.165) is 77.2 Å². The minimum Gasteiger partial charge on any atom is -0.362 e. The molecular formula is C43H43F3N8O2. The number of para-hydroxylation sites is 1. The van der Waals surface area contributed by atoms with Crippen LogP contribution in [0.3, 0.4) is 0 Å². The van der Waals surface area contributed by atoms with Crippen molar-refractivity contribution in [3.8, 4) is 11.3 Å². The Hall–Kier alpha value is -5.69. The van der Waals surface area contributed by atoms with Crippen LogP contribution in [0.5, 0.6) is 0 Å². The normalized spacial score (nSPS) is 17.7. The number of halogens is 3. The van der Waals surface area contributed by atoms with E-state index in [1.807, 2.05) is 49.8 Å². The van der Waals surface area contributed by atoms with Crippen molar-refractivity contribution in [1.82, 2.24) is 35.2 Å². The number of aryl methyl sites for hydroxylation is 2. The molecule has 0 radical (unpaired) electrons. The van der Waals surface area contributed by atoms with Gasteiger partial charge in [0.25, 0.3) is 0 Å². The molecule has 2 aliphatic heterocycles. The maximum atomic E-state index is 13.7. The highest BCUT2D eigenvalue weighted by Gasteiger charge is 2.34. The molecule has 2 amide bonds. The van der Waals surface area contributed by atoms with Gasteiger partial charge >= 0.3 is 6.18 Å². The van der Waals surface area contributed by atoms with Crippen LogP contribution in [-0.2, 0) is 29.4 Å². The summed E-state index contributed by atoms with van der Waals surface area (Å²) in [7, 11) is 1.93. The quantitative estimate of drug-likeness (QED) is 0.149. The number of hydrogen-bond acceptors (Lipinski definition) is 8. The van der Waals surface area contributed by atoms with Crippen molar-refractivity contribution in [3.05, 3.63) is 112 Å². The number of pyridine rings is 1. The van der Waals surface area contributed by atoms with E-state index in [9.17, 15) is 22.8 Å². The summed E-state index contributed by atoms with van der Waals surface area (Å²) in [4.78, 5) is 31.7. The van der Waals surface area contributed by atoms with Crippen molar-refractivity contribution < 1.29 is 22.8 Å². The first-order valence-electron chi connectivity index (χ1n) is 19.0. The van der Waals surface area contributed by atoms with Gasteiger partial charge in [-0.3, -0.25) is 29.5 Å². The van der Waals surface area contributed by atoms with Crippen LogP contribution in [0.25, 0.3) is 32.9 Å². The molecule has 56 heavy (non-hydrogen) atoms. The van der Waals surface area contributed by atoms with E-state index in [-0.39, 0.29) is 17.4 Å². The van der Waals surface area contributed by atoms with Crippen LogP contribution < -0.4 is 10.6 Å². The Balaban J connectivity index is 0.979. The fourth-order valence-corrected chi connectivity index (χ4v) is 8.57. The summed E-state index contributed by atoms with van der Waals surface area (Å²) >= 11 is 0. The summed E-state index contributed by atoms with van der Waals surface area (Å²) in [6.45, 7) is 7.82. The molecule has 5 heterocycles. The van der Waals surface area contributed by atoms with Gasteiger partial charge in [-0.05, 0) is 99.5 Å².